The highest BCUT2D eigenvalue weighted by atomic mass is 19.1. The van der Waals surface area contributed by atoms with Crippen LogP contribution in [-0.4, -0.2) is 45.8 Å². The van der Waals surface area contributed by atoms with Gasteiger partial charge in [-0.25, -0.2) is 4.39 Å². The zero-order valence-corrected chi connectivity index (χ0v) is 12.5. The van der Waals surface area contributed by atoms with E-state index in [2.05, 4.69) is 0 Å². The predicted molar refractivity (Wildman–Crippen MR) is 77.0 cm³/mol. The lowest BCUT2D eigenvalue weighted by molar-refractivity contribution is 0.101. The van der Waals surface area contributed by atoms with Crippen molar-refractivity contribution in [3.05, 3.63) is 29.6 Å². The number of hydrogen-bond acceptors (Lipinski definition) is 4. The monoisotopic (exact) mass is 283 g/mol. The van der Waals surface area contributed by atoms with Gasteiger partial charge in [0, 0.05) is 32.4 Å². The SMILES string of the molecule is COCCN(c1ccc(C(C)=O)cc1F)C(C)COC. The molecule has 0 saturated heterocycles. The van der Waals surface area contributed by atoms with Gasteiger partial charge in [-0.2, -0.15) is 0 Å². The third-order valence-electron chi connectivity index (χ3n) is 3.14. The van der Waals surface area contributed by atoms with Crippen LogP contribution in [0.15, 0.2) is 18.2 Å². The van der Waals surface area contributed by atoms with Crippen LogP contribution >= 0.6 is 0 Å². The third-order valence-corrected chi connectivity index (χ3v) is 3.14. The highest BCUT2D eigenvalue weighted by Gasteiger charge is 2.18. The maximum Gasteiger partial charge on any atom is 0.159 e. The van der Waals surface area contributed by atoms with E-state index >= 15 is 0 Å². The van der Waals surface area contributed by atoms with Gasteiger partial charge in [0.25, 0.3) is 0 Å². The fraction of sp³-hybridized carbons (Fsp3) is 0.533. The number of nitrogens with zero attached hydrogens (tertiary/aromatic N) is 1. The molecule has 0 aliphatic carbocycles. The molecule has 1 aromatic rings. The van der Waals surface area contributed by atoms with Crippen molar-refractivity contribution < 1.29 is 18.7 Å². The minimum Gasteiger partial charge on any atom is -0.383 e. The largest absolute Gasteiger partial charge is 0.383 e. The van der Waals surface area contributed by atoms with Gasteiger partial charge in [-0.05, 0) is 32.0 Å². The predicted octanol–water partition coefficient (Wildman–Crippen LogP) is 2.52. The van der Waals surface area contributed by atoms with E-state index in [1.54, 1.807) is 26.4 Å². The second-order valence-corrected chi connectivity index (χ2v) is 4.71. The molecule has 0 aromatic heterocycles. The summed E-state index contributed by atoms with van der Waals surface area (Å²) in [7, 11) is 3.22. The smallest absolute Gasteiger partial charge is 0.159 e. The summed E-state index contributed by atoms with van der Waals surface area (Å²) in [6.45, 7) is 4.90. The first-order valence-corrected chi connectivity index (χ1v) is 6.56. The zero-order valence-electron chi connectivity index (χ0n) is 12.5. The highest BCUT2D eigenvalue weighted by Crippen LogP contribution is 2.23. The molecule has 0 bridgehead atoms. The normalized spacial score (nSPS) is 12.2. The van der Waals surface area contributed by atoms with Crippen molar-refractivity contribution in [2.75, 3.05) is 38.9 Å². The number of rotatable bonds is 8. The quantitative estimate of drug-likeness (QED) is 0.687. The summed E-state index contributed by atoms with van der Waals surface area (Å²) in [5.41, 5.74) is 0.828. The summed E-state index contributed by atoms with van der Waals surface area (Å²) < 4.78 is 24.4. The zero-order chi connectivity index (χ0) is 15.1. The van der Waals surface area contributed by atoms with Gasteiger partial charge in [-0.3, -0.25) is 4.79 Å². The molecule has 0 amide bonds. The Morgan fingerprint density at radius 1 is 1.35 bits per heavy atom. The fourth-order valence-corrected chi connectivity index (χ4v) is 2.06. The van der Waals surface area contributed by atoms with Crippen molar-refractivity contribution >= 4 is 11.5 Å². The highest BCUT2D eigenvalue weighted by molar-refractivity contribution is 5.94. The van der Waals surface area contributed by atoms with Crippen molar-refractivity contribution in [2.45, 2.75) is 19.9 Å². The molecule has 1 rings (SSSR count). The lowest BCUT2D eigenvalue weighted by Gasteiger charge is -2.31. The first-order chi connectivity index (χ1) is 9.51. The number of halogens is 1. The number of carbonyl (C=O) groups is 1. The molecule has 0 heterocycles. The molecule has 0 saturated carbocycles. The maximum absolute atomic E-state index is 14.2. The minimum atomic E-state index is -0.406. The summed E-state index contributed by atoms with van der Waals surface area (Å²) in [5.74, 6) is -0.555. The molecular formula is C15H22FNO3. The number of ketones is 1. The number of ether oxygens (including phenoxy) is 2. The van der Waals surface area contributed by atoms with E-state index in [0.29, 0.717) is 31.0 Å². The van der Waals surface area contributed by atoms with Crippen LogP contribution in [0.1, 0.15) is 24.2 Å². The van der Waals surface area contributed by atoms with E-state index in [-0.39, 0.29) is 11.8 Å². The van der Waals surface area contributed by atoms with Gasteiger partial charge in [0.05, 0.1) is 18.9 Å². The van der Waals surface area contributed by atoms with E-state index < -0.39 is 5.82 Å². The standard InChI is InChI=1S/C15H22FNO3/c1-11(10-20-4)17(7-8-19-3)15-6-5-13(12(2)18)9-14(15)16/h5-6,9,11H,7-8,10H2,1-4H3. The van der Waals surface area contributed by atoms with Gasteiger partial charge < -0.3 is 14.4 Å². The number of Topliss-reactive ketones (excluding diaryl/α,β-unsaturated/α-hetero) is 1. The Hall–Kier alpha value is -1.46. The van der Waals surface area contributed by atoms with Crippen LogP contribution in [0.5, 0.6) is 0 Å². The van der Waals surface area contributed by atoms with Crippen molar-refractivity contribution in [2.24, 2.45) is 0 Å². The van der Waals surface area contributed by atoms with E-state index in [1.807, 2.05) is 11.8 Å². The lowest BCUT2D eigenvalue weighted by atomic mass is 10.1. The molecule has 5 heteroatoms. The van der Waals surface area contributed by atoms with Crippen LogP contribution in [0.25, 0.3) is 0 Å². The lowest BCUT2D eigenvalue weighted by Crippen LogP contribution is -2.39. The Balaban J connectivity index is 3.03. The van der Waals surface area contributed by atoms with Gasteiger partial charge in [0.2, 0.25) is 0 Å². The van der Waals surface area contributed by atoms with Crippen LogP contribution in [0.3, 0.4) is 0 Å². The van der Waals surface area contributed by atoms with Crippen molar-refractivity contribution in [1.29, 1.82) is 0 Å². The van der Waals surface area contributed by atoms with E-state index in [9.17, 15) is 9.18 Å². The maximum atomic E-state index is 14.2. The summed E-state index contributed by atoms with van der Waals surface area (Å²) >= 11 is 0. The first kappa shape index (κ1) is 16.6. The van der Waals surface area contributed by atoms with Crippen molar-refractivity contribution in [1.82, 2.24) is 0 Å². The number of benzene rings is 1. The Morgan fingerprint density at radius 2 is 2.05 bits per heavy atom. The van der Waals surface area contributed by atoms with E-state index in [4.69, 9.17) is 9.47 Å². The topological polar surface area (TPSA) is 38.8 Å². The molecule has 112 valence electrons. The molecule has 0 aliphatic rings. The number of hydrogen-bond donors (Lipinski definition) is 0. The number of methoxy groups -OCH3 is 2. The summed E-state index contributed by atoms with van der Waals surface area (Å²) in [5, 5.41) is 0. The Kier molecular flexibility index (Phi) is 6.61. The van der Waals surface area contributed by atoms with Gasteiger partial charge in [0.1, 0.15) is 5.82 Å². The summed E-state index contributed by atoms with van der Waals surface area (Å²) in [6, 6.07) is 4.55. The Labute approximate surface area is 119 Å². The molecular weight excluding hydrogens is 261 g/mol. The van der Waals surface area contributed by atoms with Crippen molar-refractivity contribution in [3.8, 4) is 0 Å². The van der Waals surface area contributed by atoms with Crippen LogP contribution in [-0.2, 0) is 9.47 Å². The van der Waals surface area contributed by atoms with Crippen molar-refractivity contribution in [3.63, 3.8) is 0 Å². The van der Waals surface area contributed by atoms with Crippen LogP contribution in [0.4, 0.5) is 10.1 Å². The average molecular weight is 283 g/mol. The van der Waals surface area contributed by atoms with Gasteiger partial charge in [-0.15, -0.1) is 0 Å². The molecule has 1 atom stereocenters. The number of carbonyl (C=O) groups excluding carboxylic acids is 1. The van der Waals surface area contributed by atoms with Crippen LogP contribution in [0.2, 0.25) is 0 Å². The molecule has 0 N–H and O–H groups in total. The number of anilines is 1. The van der Waals surface area contributed by atoms with Gasteiger partial charge >= 0.3 is 0 Å². The van der Waals surface area contributed by atoms with Crippen LogP contribution < -0.4 is 4.90 Å². The van der Waals surface area contributed by atoms with E-state index in [0.717, 1.165) is 0 Å². The second kappa shape index (κ2) is 7.97. The van der Waals surface area contributed by atoms with Gasteiger partial charge in [0.15, 0.2) is 5.78 Å². The minimum absolute atomic E-state index is 0.00725. The average Bonchev–Trinajstić information content (AvgIpc) is 2.40. The Morgan fingerprint density at radius 3 is 2.55 bits per heavy atom. The van der Waals surface area contributed by atoms with E-state index in [1.165, 1.54) is 13.0 Å². The molecule has 0 fully saturated rings. The van der Waals surface area contributed by atoms with Crippen LogP contribution in [0, 0.1) is 5.82 Å². The molecule has 1 unspecified atom stereocenters. The molecule has 1 aromatic carbocycles. The summed E-state index contributed by atoms with van der Waals surface area (Å²) in [6.07, 6.45) is 0. The van der Waals surface area contributed by atoms with Gasteiger partial charge in [-0.1, -0.05) is 0 Å². The molecule has 20 heavy (non-hydrogen) atoms. The molecule has 0 aliphatic heterocycles. The molecule has 0 spiro atoms. The third kappa shape index (κ3) is 4.28. The molecule has 4 nitrogen and oxygen atoms in total. The summed E-state index contributed by atoms with van der Waals surface area (Å²) in [4.78, 5) is 13.1. The fourth-order valence-electron chi connectivity index (χ4n) is 2.06. The first-order valence-electron chi connectivity index (χ1n) is 6.56. The Bertz CT molecular complexity index is 451. The second-order valence-electron chi connectivity index (χ2n) is 4.71. The molecule has 0 radical (unpaired) electrons.